The summed E-state index contributed by atoms with van der Waals surface area (Å²) in [6.45, 7) is 3.48. The summed E-state index contributed by atoms with van der Waals surface area (Å²) < 4.78 is 39.4. The van der Waals surface area contributed by atoms with E-state index in [-0.39, 0.29) is 0 Å². The molecule has 1 aliphatic rings. The number of hydrogen-bond donors (Lipinski definition) is 0. The first-order valence-electron chi connectivity index (χ1n) is 17.7. The van der Waals surface area contributed by atoms with Crippen LogP contribution < -0.4 is 38.1 Å². The second kappa shape index (κ2) is 17.3. The van der Waals surface area contributed by atoms with E-state index in [2.05, 4.69) is 63.3 Å². The van der Waals surface area contributed by atoms with E-state index >= 15 is 0 Å². The number of piperidine rings is 1. The molecule has 1 aliphatic heterocycles. The third-order valence-electron chi connectivity index (χ3n) is 9.86. The average molecular weight is 720 g/mol. The van der Waals surface area contributed by atoms with Crippen LogP contribution in [0.15, 0.2) is 91.1 Å². The lowest BCUT2D eigenvalue weighted by Gasteiger charge is -2.40. The van der Waals surface area contributed by atoms with Crippen molar-refractivity contribution in [3.8, 4) is 62.6 Å². The lowest BCUT2D eigenvalue weighted by molar-refractivity contribution is 0.200. The van der Waals surface area contributed by atoms with Crippen LogP contribution in [0.25, 0.3) is 22.4 Å². The van der Waals surface area contributed by atoms with Gasteiger partial charge in [0.2, 0.25) is 11.5 Å². The number of pyridine rings is 1. The predicted octanol–water partition coefficient (Wildman–Crippen LogP) is 8.15. The SMILES string of the molecule is COc1ccccc1N(Cc1cccc(-c2cc(OC)c(OC)c(OC)c2)c1)C1CCN(Cc2ccnc(-c3cc(OC)c(OC)c(OC)c3)c2)CC1. The second-order valence-corrected chi connectivity index (χ2v) is 12.9. The Kier molecular flexibility index (Phi) is 12.1. The van der Waals surface area contributed by atoms with E-state index in [1.807, 2.05) is 42.6 Å². The van der Waals surface area contributed by atoms with E-state index in [1.54, 1.807) is 49.8 Å². The van der Waals surface area contributed by atoms with Crippen molar-refractivity contribution < 1.29 is 33.2 Å². The van der Waals surface area contributed by atoms with E-state index < -0.39 is 0 Å². The molecule has 0 radical (unpaired) electrons. The van der Waals surface area contributed by atoms with Crippen molar-refractivity contribution in [1.29, 1.82) is 0 Å². The molecule has 0 aliphatic carbocycles. The van der Waals surface area contributed by atoms with Gasteiger partial charge in [-0.05, 0) is 89.7 Å². The molecule has 0 saturated carbocycles. The summed E-state index contributed by atoms with van der Waals surface area (Å²) in [5.74, 6) is 4.45. The highest BCUT2D eigenvalue weighted by atomic mass is 16.5. The molecule has 53 heavy (non-hydrogen) atoms. The maximum absolute atomic E-state index is 5.89. The van der Waals surface area contributed by atoms with Gasteiger partial charge >= 0.3 is 0 Å². The van der Waals surface area contributed by atoms with E-state index in [0.717, 1.165) is 72.8 Å². The zero-order valence-corrected chi connectivity index (χ0v) is 31.7. The molecule has 10 nitrogen and oxygen atoms in total. The smallest absolute Gasteiger partial charge is 0.203 e. The lowest BCUT2D eigenvalue weighted by Crippen LogP contribution is -2.44. The maximum Gasteiger partial charge on any atom is 0.203 e. The number of rotatable bonds is 15. The molecular weight excluding hydrogens is 670 g/mol. The maximum atomic E-state index is 5.89. The lowest BCUT2D eigenvalue weighted by atomic mass is 9.98. The molecule has 0 N–H and O–H groups in total. The van der Waals surface area contributed by atoms with Crippen molar-refractivity contribution in [2.45, 2.75) is 32.0 Å². The number of anilines is 1. The molecule has 2 heterocycles. The summed E-state index contributed by atoms with van der Waals surface area (Å²) in [6.07, 6.45) is 3.89. The molecule has 1 saturated heterocycles. The standard InChI is InChI=1S/C43H49N3O7/c1-47-37-14-9-8-13-36(37)46(28-29-11-10-12-31(21-29)32-23-38(48-2)42(52-6)39(24-32)49-3)34-16-19-45(20-17-34)27-30-15-18-44-35(22-30)33-25-40(50-4)43(53-7)41(26-33)51-5/h8-15,18,21-26,34H,16-17,19-20,27-28H2,1-7H3. The van der Waals surface area contributed by atoms with Gasteiger partial charge in [0, 0.05) is 44.0 Å². The minimum Gasteiger partial charge on any atom is -0.495 e. The Bertz CT molecular complexity index is 1940. The Morgan fingerprint density at radius 1 is 0.566 bits per heavy atom. The number of ether oxygens (including phenoxy) is 7. The molecule has 0 atom stereocenters. The zero-order chi connectivity index (χ0) is 37.3. The number of likely N-dealkylation sites (tertiary alicyclic amines) is 1. The Labute approximate surface area is 312 Å². The zero-order valence-electron chi connectivity index (χ0n) is 31.7. The van der Waals surface area contributed by atoms with Crippen LogP contribution in [0.2, 0.25) is 0 Å². The van der Waals surface area contributed by atoms with Crippen LogP contribution in [0.1, 0.15) is 24.0 Å². The molecule has 10 heteroatoms. The quantitative estimate of drug-likeness (QED) is 0.106. The van der Waals surface area contributed by atoms with Gasteiger partial charge in [0.15, 0.2) is 23.0 Å². The van der Waals surface area contributed by atoms with Crippen molar-refractivity contribution in [2.24, 2.45) is 0 Å². The first-order valence-corrected chi connectivity index (χ1v) is 17.7. The normalized spacial score (nSPS) is 13.3. The molecule has 0 bridgehead atoms. The van der Waals surface area contributed by atoms with Crippen LogP contribution in [-0.2, 0) is 13.1 Å². The summed E-state index contributed by atoms with van der Waals surface area (Å²) in [4.78, 5) is 9.71. The largest absolute Gasteiger partial charge is 0.495 e. The minimum atomic E-state index is 0.319. The summed E-state index contributed by atoms with van der Waals surface area (Å²) in [6, 6.07) is 29.4. The molecule has 0 amide bonds. The van der Waals surface area contributed by atoms with Gasteiger partial charge < -0.3 is 38.1 Å². The van der Waals surface area contributed by atoms with E-state index in [0.29, 0.717) is 40.5 Å². The second-order valence-electron chi connectivity index (χ2n) is 12.9. The van der Waals surface area contributed by atoms with Gasteiger partial charge in [-0.3, -0.25) is 9.88 Å². The Hall–Kier alpha value is -5.61. The number of methoxy groups -OCH3 is 7. The van der Waals surface area contributed by atoms with Crippen molar-refractivity contribution in [3.63, 3.8) is 0 Å². The molecule has 4 aromatic carbocycles. The Morgan fingerprint density at radius 2 is 1.15 bits per heavy atom. The monoisotopic (exact) mass is 719 g/mol. The van der Waals surface area contributed by atoms with Crippen molar-refractivity contribution in [1.82, 2.24) is 9.88 Å². The van der Waals surface area contributed by atoms with Gasteiger partial charge in [0.05, 0.1) is 61.1 Å². The van der Waals surface area contributed by atoms with E-state index in [1.165, 1.54) is 11.1 Å². The van der Waals surface area contributed by atoms with Gasteiger partial charge in [-0.15, -0.1) is 0 Å². The summed E-state index contributed by atoms with van der Waals surface area (Å²) in [5, 5.41) is 0. The van der Waals surface area contributed by atoms with Gasteiger partial charge in [-0.1, -0.05) is 30.3 Å². The third kappa shape index (κ3) is 8.23. The van der Waals surface area contributed by atoms with Gasteiger partial charge in [-0.2, -0.15) is 0 Å². The number of benzene rings is 4. The Balaban J connectivity index is 1.21. The molecular formula is C43H49N3O7. The van der Waals surface area contributed by atoms with Gasteiger partial charge in [0.1, 0.15) is 5.75 Å². The van der Waals surface area contributed by atoms with Crippen molar-refractivity contribution in [2.75, 3.05) is 67.8 Å². The highest BCUT2D eigenvalue weighted by Gasteiger charge is 2.27. The van der Waals surface area contributed by atoms with Crippen molar-refractivity contribution in [3.05, 3.63) is 102 Å². The first-order chi connectivity index (χ1) is 25.9. The average Bonchev–Trinajstić information content (AvgIpc) is 3.22. The third-order valence-corrected chi connectivity index (χ3v) is 9.86. The number of aromatic nitrogens is 1. The molecule has 0 spiro atoms. The van der Waals surface area contributed by atoms with Crippen molar-refractivity contribution >= 4 is 5.69 Å². The van der Waals surface area contributed by atoms with Gasteiger partial charge in [-0.25, -0.2) is 0 Å². The topological polar surface area (TPSA) is 84.0 Å². The number of hydrogen-bond acceptors (Lipinski definition) is 10. The molecule has 278 valence electrons. The van der Waals surface area contributed by atoms with Crippen LogP contribution in [0.4, 0.5) is 5.69 Å². The summed E-state index contributed by atoms with van der Waals surface area (Å²) in [7, 11) is 11.5. The first kappa shape index (κ1) is 37.2. The highest BCUT2D eigenvalue weighted by Crippen LogP contribution is 2.43. The molecule has 1 fully saturated rings. The van der Waals surface area contributed by atoms with E-state index in [9.17, 15) is 0 Å². The summed E-state index contributed by atoms with van der Waals surface area (Å²) >= 11 is 0. The molecule has 6 rings (SSSR count). The highest BCUT2D eigenvalue weighted by molar-refractivity contribution is 5.72. The van der Waals surface area contributed by atoms with Crippen LogP contribution in [0.3, 0.4) is 0 Å². The molecule has 0 unspecified atom stereocenters. The Morgan fingerprint density at radius 3 is 1.74 bits per heavy atom. The van der Waals surface area contributed by atoms with E-state index in [4.69, 9.17) is 33.2 Å². The molecule has 5 aromatic rings. The van der Waals surface area contributed by atoms with Crippen LogP contribution in [0.5, 0.6) is 40.2 Å². The fourth-order valence-corrected chi connectivity index (χ4v) is 7.18. The molecule has 1 aromatic heterocycles. The van der Waals surface area contributed by atoms with Crippen LogP contribution in [0, 0.1) is 0 Å². The number of para-hydroxylation sites is 2. The van der Waals surface area contributed by atoms with Crippen LogP contribution >= 0.6 is 0 Å². The predicted molar refractivity (Wildman–Crippen MR) is 208 cm³/mol. The fourth-order valence-electron chi connectivity index (χ4n) is 7.18. The minimum absolute atomic E-state index is 0.319. The summed E-state index contributed by atoms with van der Waals surface area (Å²) in [5.41, 5.74) is 7.31. The number of nitrogens with zero attached hydrogens (tertiary/aromatic N) is 3. The van der Waals surface area contributed by atoms with Crippen LogP contribution in [-0.4, -0.2) is 78.8 Å². The van der Waals surface area contributed by atoms with Gasteiger partial charge in [0.25, 0.3) is 0 Å². The fraction of sp³-hybridized carbons (Fsp3) is 0.326.